The molecule has 30 heavy (non-hydrogen) atoms. The highest BCUT2D eigenvalue weighted by molar-refractivity contribution is 7.89. The predicted octanol–water partition coefficient (Wildman–Crippen LogP) is 5.15. The van der Waals surface area contributed by atoms with Crippen molar-refractivity contribution in [2.45, 2.75) is 44.4 Å². The summed E-state index contributed by atoms with van der Waals surface area (Å²) < 4.78 is 34.5. The van der Waals surface area contributed by atoms with E-state index in [9.17, 15) is 8.42 Å². The number of sulfonamides is 1. The first-order chi connectivity index (χ1) is 14.3. The van der Waals surface area contributed by atoms with Crippen LogP contribution < -0.4 is 9.64 Å². The number of nitrogens with zero attached hydrogens (tertiary/aromatic N) is 2. The van der Waals surface area contributed by atoms with Crippen LogP contribution in [0.2, 0.25) is 5.02 Å². The Bertz CT molecular complexity index is 955. The average Bonchev–Trinajstić information content (AvgIpc) is 2.74. The molecule has 164 valence electrons. The number of para-hydroxylation sites is 1. The second-order valence-electron chi connectivity index (χ2n) is 7.91. The van der Waals surface area contributed by atoms with E-state index in [4.69, 9.17) is 16.3 Å². The van der Waals surface area contributed by atoms with Gasteiger partial charge >= 0.3 is 0 Å². The third-order valence-electron chi connectivity index (χ3n) is 5.44. The maximum absolute atomic E-state index is 13.5. The summed E-state index contributed by atoms with van der Waals surface area (Å²) in [5.41, 5.74) is 1.94. The highest BCUT2D eigenvalue weighted by Crippen LogP contribution is 2.32. The second-order valence-corrected chi connectivity index (χ2v) is 10.2. The zero-order valence-corrected chi connectivity index (χ0v) is 19.5. The van der Waals surface area contributed by atoms with E-state index >= 15 is 0 Å². The van der Waals surface area contributed by atoms with Gasteiger partial charge in [0.05, 0.1) is 17.3 Å². The van der Waals surface area contributed by atoms with E-state index < -0.39 is 10.0 Å². The molecule has 0 unspecified atom stereocenters. The molecule has 1 heterocycles. The van der Waals surface area contributed by atoms with E-state index in [1.165, 1.54) is 0 Å². The zero-order valence-electron chi connectivity index (χ0n) is 18.0. The van der Waals surface area contributed by atoms with Gasteiger partial charge in [-0.2, -0.15) is 4.31 Å². The molecule has 2 aromatic carbocycles. The smallest absolute Gasteiger partial charge is 0.246 e. The molecule has 7 heteroatoms. The summed E-state index contributed by atoms with van der Waals surface area (Å²) in [5, 5.41) is 0.685. The van der Waals surface area contributed by atoms with Crippen LogP contribution in [0.25, 0.3) is 0 Å². The molecule has 0 atom stereocenters. The fourth-order valence-electron chi connectivity index (χ4n) is 3.55. The van der Waals surface area contributed by atoms with Crippen LogP contribution in [-0.4, -0.2) is 45.5 Å². The molecular formula is C23H31ClN2O3S. The van der Waals surface area contributed by atoms with Crippen molar-refractivity contribution in [3.63, 3.8) is 0 Å². The SMILES string of the molecule is CCCCOc1ccc(C(C)C)cc1S(=O)(=O)N1CCN(c2ccccc2Cl)CC1. The third kappa shape index (κ3) is 5.10. The van der Waals surface area contributed by atoms with Gasteiger partial charge in [0.2, 0.25) is 10.0 Å². The van der Waals surface area contributed by atoms with Crippen LogP contribution in [0.1, 0.15) is 45.1 Å². The van der Waals surface area contributed by atoms with E-state index in [-0.39, 0.29) is 10.8 Å². The zero-order chi connectivity index (χ0) is 21.7. The summed E-state index contributed by atoms with van der Waals surface area (Å²) >= 11 is 6.32. The Morgan fingerprint density at radius 3 is 2.40 bits per heavy atom. The molecule has 0 saturated carbocycles. The Hall–Kier alpha value is -1.76. The van der Waals surface area contributed by atoms with E-state index in [0.29, 0.717) is 43.6 Å². The first kappa shape index (κ1) is 22.9. The largest absolute Gasteiger partial charge is 0.492 e. The minimum Gasteiger partial charge on any atom is -0.492 e. The molecule has 1 fully saturated rings. The molecule has 0 amide bonds. The lowest BCUT2D eigenvalue weighted by atomic mass is 10.0. The van der Waals surface area contributed by atoms with Crippen LogP contribution in [0.5, 0.6) is 5.75 Å². The van der Waals surface area contributed by atoms with E-state index in [1.54, 1.807) is 16.4 Å². The number of rotatable bonds is 8. The third-order valence-corrected chi connectivity index (χ3v) is 7.68. The van der Waals surface area contributed by atoms with Crippen LogP contribution in [-0.2, 0) is 10.0 Å². The summed E-state index contributed by atoms with van der Waals surface area (Å²) in [6.45, 7) is 8.73. The monoisotopic (exact) mass is 450 g/mol. The summed E-state index contributed by atoms with van der Waals surface area (Å²) in [6.07, 6.45) is 1.89. The first-order valence-corrected chi connectivity index (χ1v) is 12.4. The van der Waals surface area contributed by atoms with Crippen molar-refractivity contribution in [3.8, 4) is 5.75 Å². The fourth-order valence-corrected chi connectivity index (χ4v) is 5.39. The summed E-state index contributed by atoms with van der Waals surface area (Å²) in [7, 11) is -3.65. The van der Waals surface area contributed by atoms with Crippen molar-refractivity contribution in [1.29, 1.82) is 0 Å². The molecule has 1 aliphatic rings. The molecule has 0 aromatic heterocycles. The van der Waals surface area contributed by atoms with Crippen LogP contribution in [0.4, 0.5) is 5.69 Å². The molecule has 2 aromatic rings. The normalized spacial score (nSPS) is 15.6. The van der Waals surface area contributed by atoms with Gasteiger partial charge in [-0.25, -0.2) is 8.42 Å². The van der Waals surface area contributed by atoms with Gasteiger partial charge in [0, 0.05) is 26.2 Å². The average molecular weight is 451 g/mol. The van der Waals surface area contributed by atoms with Crippen molar-refractivity contribution in [2.24, 2.45) is 0 Å². The standard InChI is InChI=1S/C23H31ClN2O3S/c1-4-5-16-29-22-11-10-19(18(2)3)17-23(22)30(27,28)26-14-12-25(13-15-26)21-9-7-6-8-20(21)24/h6-11,17-18H,4-5,12-16H2,1-3H3. The maximum atomic E-state index is 13.5. The molecule has 0 spiro atoms. The second kappa shape index (κ2) is 10.0. The predicted molar refractivity (Wildman–Crippen MR) is 123 cm³/mol. The summed E-state index contributed by atoms with van der Waals surface area (Å²) in [4.78, 5) is 2.41. The number of hydrogen-bond acceptors (Lipinski definition) is 4. The number of halogens is 1. The number of hydrogen-bond donors (Lipinski definition) is 0. The highest BCUT2D eigenvalue weighted by atomic mass is 35.5. The lowest BCUT2D eigenvalue weighted by molar-refractivity contribution is 0.299. The highest BCUT2D eigenvalue weighted by Gasteiger charge is 2.31. The molecular weight excluding hydrogens is 420 g/mol. The molecule has 0 N–H and O–H groups in total. The Balaban J connectivity index is 1.82. The number of piperazine rings is 1. The molecule has 0 radical (unpaired) electrons. The van der Waals surface area contributed by atoms with E-state index in [1.807, 2.05) is 30.3 Å². The van der Waals surface area contributed by atoms with E-state index in [2.05, 4.69) is 25.7 Å². The minimum atomic E-state index is -3.65. The summed E-state index contributed by atoms with van der Waals surface area (Å²) in [6, 6.07) is 13.2. The molecule has 0 aliphatic carbocycles. The van der Waals surface area contributed by atoms with Crippen LogP contribution in [0.3, 0.4) is 0 Å². The Kier molecular flexibility index (Phi) is 7.66. The molecule has 1 saturated heterocycles. The number of anilines is 1. The topological polar surface area (TPSA) is 49.9 Å². The van der Waals surface area contributed by atoms with Gasteiger partial charge in [0.25, 0.3) is 0 Å². The summed E-state index contributed by atoms with van der Waals surface area (Å²) in [5.74, 6) is 0.682. The van der Waals surface area contributed by atoms with Crippen molar-refractivity contribution in [1.82, 2.24) is 4.31 Å². The number of benzene rings is 2. The van der Waals surface area contributed by atoms with Crippen LogP contribution >= 0.6 is 11.6 Å². The molecule has 1 aliphatic heterocycles. The Labute approximate surface area is 185 Å². The molecule has 3 rings (SSSR count). The minimum absolute atomic E-state index is 0.237. The van der Waals surface area contributed by atoms with Crippen molar-refractivity contribution in [3.05, 3.63) is 53.1 Å². The van der Waals surface area contributed by atoms with Gasteiger partial charge < -0.3 is 9.64 Å². The van der Waals surface area contributed by atoms with Crippen molar-refractivity contribution in [2.75, 3.05) is 37.7 Å². The van der Waals surface area contributed by atoms with Gasteiger partial charge in [0.15, 0.2) is 0 Å². The van der Waals surface area contributed by atoms with Crippen molar-refractivity contribution >= 4 is 27.3 Å². The quantitative estimate of drug-likeness (QED) is 0.521. The lowest BCUT2D eigenvalue weighted by Crippen LogP contribution is -2.48. The van der Waals surface area contributed by atoms with Gasteiger partial charge in [-0.3, -0.25) is 0 Å². The molecule has 0 bridgehead atoms. The van der Waals surface area contributed by atoms with Gasteiger partial charge in [0.1, 0.15) is 10.6 Å². The van der Waals surface area contributed by atoms with Gasteiger partial charge in [-0.15, -0.1) is 0 Å². The first-order valence-electron chi connectivity index (χ1n) is 10.6. The van der Waals surface area contributed by atoms with Crippen molar-refractivity contribution < 1.29 is 13.2 Å². The van der Waals surface area contributed by atoms with E-state index in [0.717, 1.165) is 24.1 Å². The lowest BCUT2D eigenvalue weighted by Gasteiger charge is -2.36. The fraction of sp³-hybridized carbons (Fsp3) is 0.478. The van der Waals surface area contributed by atoms with Crippen LogP contribution in [0, 0.1) is 0 Å². The number of unbranched alkanes of at least 4 members (excludes halogenated alkanes) is 1. The Morgan fingerprint density at radius 2 is 1.77 bits per heavy atom. The molecule has 5 nitrogen and oxygen atoms in total. The van der Waals surface area contributed by atoms with Gasteiger partial charge in [-0.05, 0) is 42.2 Å². The number of ether oxygens (including phenoxy) is 1. The maximum Gasteiger partial charge on any atom is 0.246 e. The van der Waals surface area contributed by atoms with Crippen LogP contribution in [0.15, 0.2) is 47.4 Å². The van der Waals surface area contributed by atoms with Gasteiger partial charge in [-0.1, -0.05) is 57.0 Å². The Morgan fingerprint density at radius 1 is 1.07 bits per heavy atom.